The molecular formula is C27H27N3O8. The minimum absolute atomic E-state index is 0.00360. The molecule has 3 aromatic carbocycles. The molecule has 3 rings (SSSR count). The molecule has 198 valence electrons. The third kappa shape index (κ3) is 8.05. The summed E-state index contributed by atoms with van der Waals surface area (Å²) < 4.78 is 15.7. The van der Waals surface area contributed by atoms with Crippen molar-refractivity contribution >= 4 is 29.3 Å². The monoisotopic (exact) mass is 521 g/mol. The Bertz CT molecular complexity index is 1270. The second-order valence-corrected chi connectivity index (χ2v) is 8.16. The van der Waals surface area contributed by atoms with Crippen LogP contribution < -0.4 is 15.4 Å². The number of nitrogens with zero attached hydrogens (tertiary/aromatic N) is 1. The maximum absolute atomic E-state index is 13.0. The number of amides is 2. The first-order chi connectivity index (χ1) is 18.3. The molecule has 0 spiro atoms. The second kappa shape index (κ2) is 13.4. The average Bonchev–Trinajstić information content (AvgIpc) is 2.92. The van der Waals surface area contributed by atoms with Crippen LogP contribution in [0.1, 0.15) is 18.1 Å². The molecule has 11 heteroatoms. The molecule has 2 unspecified atom stereocenters. The molecule has 0 aromatic heterocycles. The summed E-state index contributed by atoms with van der Waals surface area (Å²) in [5.41, 5.74) is 1.30. The van der Waals surface area contributed by atoms with Crippen LogP contribution in [-0.2, 0) is 32.1 Å². The Kier molecular flexibility index (Phi) is 9.75. The number of hydrogen-bond acceptors (Lipinski definition) is 8. The summed E-state index contributed by atoms with van der Waals surface area (Å²) in [7, 11) is 1.34. The number of carbonyl (C=O) groups excluding carboxylic acids is 3. The van der Waals surface area contributed by atoms with Crippen molar-refractivity contribution in [1.29, 1.82) is 0 Å². The topological polar surface area (TPSA) is 146 Å². The number of benzene rings is 3. The van der Waals surface area contributed by atoms with E-state index in [0.717, 1.165) is 17.2 Å². The van der Waals surface area contributed by atoms with E-state index in [1.54, 1.807) is 36.4 Å². The predicted molar refractivity (Wildman–Crippen MR) is 138 cm³/mol. The summed E-state index contributed by atoms with van der Waals surface area (Å²) in [6.07, 6.45) is -2.04. The van der Waals surface area contributed by atoms with Crippen molar-refractivity contribution in [2.75, 3.05) is 12.4 Å². The highest BCUT2D eigenvalue weighted by Crippen LogP contribution is 2.29. The number of carbonyl (C=O) groups is 3. The van der Waals surface area contributed by atoms with Crippen molar-refractivity contribution in [3.63, 3.8) is 0 Å². The predicted octanol–water partition coefficient (Wildman–Crippen LogP) is 4.01. The van der Waals surface area contributed by atoms with Gasteiger partial charge in [0.2, 0.25) is 0 Å². The van der Waals surface area contributed by atoms with Gasteiger partial charge in [-0.3, -0.25) is 14.9 Å². The number of non-ortho nitro benzene ring substituents is 1. The van der Waals surface area contributed by atoms with E-state index in [1.807, 2.05) is 24.3 Å². The number of nitro benzene ring substituents is 1. The number of alkyl carbamates (subject to hydrolysis) is 1. The number of rotatable bonds is 11. The summed E-state index contributed by atoms with van der Waals surface area (Å²) in [6, 6.07) is 20.5. The van der Waals surface area contributed by atoms with E-state index in [2.05, 4.69) is 10.6 Å². The fourth-order valence-electron chi connectivity index (χ4n) is 3.40. The molecule has 0 aliphatic heterocycles. The molecule has 2 atom stereocenters. The highest BCUT2D eigenvalue weighted by atomic mass is 16.6. The first-order valence-corrected chi connectivity index (χ1v) is 11.6. The van der Waals surface area contributed by atoms with Crippen LogP contribution >= 0.6 is 0 Å². The van der Waals surface area contributed by atoms with Crippen molar-refractivity contribution in [2.45, 2.75) is 32.1 Å². The van der Waals surface area contributed by atoms with Gasteiger partial charge in [-0.25, -0.2) is 9.59 Å². The zero-order valence-corrected chi connectivity index (χ0v) is 20.8. The van der Waals surface area contributed by atoms with Crippen LogP contribution in [0.2, 0.25) is 0 Å². The van der Waals surface area contributed by atoms with E-state index in [0.29, 0.717) is 0 Å². The molecule has 11 nitrogen and oxygen atoms in total. The minimum atomic E-state index is -1.30. The molecule has 0 heterocycles. The maximum atomic E-state index is 13.0. The fraction of sp³-hybridized carbons (Fsp3) is 0.222. The molecule has 0 bridgehead atoms. The van der Waals surface area contributed by atoms with E-state index >= 15 is 0 Å². The highest BCUT2D eigenvalue weighted by molar-refractivity contribution is 5.97. The van der Waals surface area contributed by atoms with Gasteiger partial charge in [0.15, 0.2) is 6.10 Å². The molecular weight excluding hydrogens is 494 g/mol. The molecule has 0 radical (unpaired) electrons. The standard InChI is InChI=1S/C27H27N3O8/c1-18(25(31)28-22-16-21(30(34)35)13-14-24(22)36-2)38-26(32)23(15-19-9-5-3-6-10-19)29-27(33)37-17-20-11-7-4-8-12-20/h3-14,16,18,23H,15,17H2,1-2H3,(H,28,31)(H,29,33). The van der Waals surface area contributed by atoms with Crippen molar-refractivity contribution < 1.29 is 33.5 Å². The van der Waals surface area contributed by atoms with E-state index in [-0.39, 0.29) is 30.2 Å². The Morgan fingerprint density at radius 3 is 2.18 bits per heavy atom. The molecule has 0 saturated carbocycles. The van der Waals surface area contributed by atoms with Crippen LogP contribution in [0, 0.1) is 10.1 Å². The van der Waals surface area contributed by atoms with Gasteiger partial charge in [-0.1, -0.05) is 60.7 Å². The van der Waals surface area contributed by atoms with Gasteiger partial charge in [0.1, 0.15) is 18.4 Å². The summed E-state index contributed by atoms with van der Waals surface area (Å²) in [6.45, 7) is 1.34. The highest BCUT2D eigenvalue weighted by Gasteiger charge is 2.28. The number of hydrogen-bond donors (Lipinski definition) is 2. The third-order valence-corrected chi connectivity index (χ3v) is 5.39. The normalized spacial score (nSPS) is 11.9. The van der Waals surface area contributed by atoms with Crippen LogP contribution in [0.5, 0.6) is 5.75 Å². The Morgan fingerprint density at radius 1 is 0.947 bits per heavy atom. The molecule has 0 saturated heterocycles. The lowest BCUT2D eigenvalue weighted by atomic mass is 10.1. The molecule has 38 heavy (non-hydrogen) atoms. The molecule has 0 fully saturated rings. The Balaban J connectivity index is 1.67. The number of anilines is 1. The molecule has 0 aliphatic carbocycles. The zero-order valence-electron chi connectivity index (χ0n) is 20.8. The van der Waals surface area contributed by atoms with E-state index < -0.39 is 35.0 Å². The lowest BCUT2D eigenvalue weighted by molar-refractivity contribution is -0.384. The van der Waals surface area contributed by atoms with Crippen LogP contribution in [0.3, 0.4) is 0 Å². The summed E-state index contributed by atoms with van der Waals surface area (Å²) in [5.74, 6) is -1.42. The van der Waals surface area contributed by atoms with E-state index in [4.69, 9.17) is 14.2 Å². The molecule has 3 aromatic rings. The Labute approximate surface area is 218 Å². The van der Waals surface area contributed by atoms with Crippen LogP contribution in [0.25, 0.3) is 0 Å². The van der Waals surface area contributed by atoms with Gasteiger partial charge in [0, 0.05) is 18.6 Å². The Morgan fingerprint density at radius 2 is 1.58 bits per heavy atom. The van der Waals surface area contributed by atoms with Gasteiger partial charge >= 0.3 is 12.1 Å². The van der Waals surface area contributed by atoms with Gasteiger partial charge in [-0.05, 0) is 24.1 Å². The van der Waals surface area contributed by atoms with Gasteiger partial charge < -0.3 is 24.8 Å². The van der Waals surface area contributed by atoms with Crippen molar-refractivity contribution in [3.8, 4) is 5.75 Å². The minimum Gasteiger partial charge on any atom is -0.495 e. The van der Waals surface area contributed by atoms with Crippen LogP contribution in [0.15, 0.2) is 78.9 Å². The zero-order chi connectivity index (χ0) is 27.5. The lowest BCUT2D eigenvalue weighted by Gasteiger charge is -2.21. The first kappa shape index (κ1) is 27.7. The third-order valence-electron chi connectivity index (χ3n) is 5.39. The van der Waals surface area contributed by atoms with Crippen molar-refractivity contribution in [1.82, 2.24) is 5.32 Å². The van der Waals surface area contributed by atoms with E-state index in [9.17, 15) is 24.5 Å². The average molecular weight is 522 g/mol. The van der Waals surface area contributed by atoms with E-state index in [1.165, 1.54) is 26.2 Å². The summed E-state index contributed by atoms with van der Waals surface area (Å²) in [5, 5.41) is 16.1. The van der Waals surface area contributed by atoms with Crippen molar-refractivity contribution in [3.05, 3.63) is 100 Å². The smallest absolute Gasteiger partial charge is 0.408 e. The summed E-state index contributed by atoms with van der Waals surface area (Å²) in [4.78, 5) is 48.7. The van der Waals surface area contributed by atoms with Crippen molar-refractivity contribution in [2.24, 2.45) is 0 Å². The quantitative estimate of drug-likeness (QED) is 0.219. The number of nitrogens with one attached hydrogen (secondary N) is 2. The number of ether oxygens (including phenoxy) is 3. The lowest BCUT2D eigenvalue weighted by Crippen LogP contribution is -2.45. The van der Waals surface area contributed by atoms with Gasteiger partial charge in [0.05, 0.1) is 17.7 Å². The second-order valence-electron chi connectivity index (χ2n) is 8.16. The molecule has 2 N–H and O–H groups in total. The summed E-state index contributed by atoms with van der Waals surface area (Å²) >= 11 is 0. The Hall–Kier alpha value is -4.93. The number of nitro groups is 1. The van der Waals surface area contributed by atoms with Gasteiger partial charge in [-0.2, -0.15) is 0 Å². The molecule has 2 amide bonds. The number of methoxy groups -OCH3 is 1. The maximum Gasteiger partial charge on any atom is 0.408 e. The van der Waals surface area contributed by atoms with Gasteiger partial charge in [0.25, 0.3) is 11.6 Å². The first-order valence-electron chi connectivity index (χ1n) is 11.6. The largest absolute Gasteiger partial charge is 0.495 e. The number of esters is 1. The van der Waals surface area contributed by atoms with Crippen LogP contribution in [-0.4, -0.2) is 42.1 Å². The fourth-order valence-corrected chi connectivity index (χ4v) is 3.40. The van der Waals surface area contributed by atoms with Crippen LogP contribution in [0.4, 0.5) is 16.2 Å². The molecule has 0 aliphatic rings. The SMILES string of the molecule is COc1ccc([N+](=O)[O-])cc1NC(=O)C(C)OC(=O)C(Cc1ccccc1)NC(=O)OCc1ccccc1. The van der Waals surface area contributed by atoms with Gasteiger partial charge in [-0.15, -0.1) is 0 Å².